The van der Waals surface area contributed by atoms with Crippen LogP contribution >= 0.6 is 11.6 Å². The van der Waals surface area contributed by atoms with E-state index in [4.69, 9.17) is 21.8 Å². The van der Waals surface area contributed by atoms with Crippen LogP contribution in [0, 0.1) is 0 Å². The Kier molecular flexibility index (Phi) is 4.25. The first kappa shape index (κ1) is 14.4. The van der Waals surface area contributed by atoms with E-state index in [1.54, 1.807) is 0 Å². The van der Waals surface area contributed by atoms with Gasteiger partial charge in [-0.3, -0.25) is 0 Å². The Morgan fingerprint density at radius 3 is 1.79 bits per heavy atom. The first-order valence-electron chi connectivity index (χ1n) is 5.03. The fourth-order valence-electron chi connectivity index (χ4n) is 0.784. The van der Waals surface area contributed by atoms with Gasteiger partial charge in [0, 0.05) is 0 Å². The topological polar surface area (TPSA) is 35.2 Å². The lowest BCUT2D eigenvalue weighted by molar-refractivity contribution is 0.0785. The highest BCUT2D eigenvalue weighted by atomic mass is 35.5. The fourth-order valence-corrected chi connectivity index (χ4v) is 2.49. The maximum Gasteiger partial charge on any atom is 0.194 e. The number of hydrogen-bond donors (Lipinski definition) is 1. The molecule has 0 amide bonds. The van der Waals surface area contributed by atoms with E-state index in [2.05, 4.69) is 33.9 Å². The van der Waals surface area contributed by atoms with Gasteiger partial charge in [0.1, 0.15) is 5.72 Å². The van der Waals surface area contributed by atoms with E-state index >= 15 is 0 Å². The predicted molar refractivity (Wildman–Crippen MR) is 66.2 cm³/mol. The van der Waals surface area contributed by atoms with Crippen molar-refractivity contribution < 1.29 is 4.43 Å². The Bertz CT molecular complexity index is 197. The molecule has 0 heterocycles. The lowest BCUT2D eigenvalue weighted by Crippen LogP contribution is -2.56. The molecule has 0 aliphatic heterocycles. The zero-order chi connectivity index (χ0) is 11.8. The molecule has 86 valence electrons. The van der Waals surface area contributed by atoms with Gasteiger partial charge in [-0.25, -0.2) is 0 Å². The molecule has 2 atom stereocenters. The summed E-state index contributed by atoms with van der Waals surface area (Å²) in [7, 11) is -1.81. The van der Waals surface area contributed by atoms with Gasteiger partial charge in [-0.2, -0.15) is 0 Å². The summed E-state index contributed by atoms with van der Waals surface area (Å²) < 4.78 is 6.04. The van der Waals surface area contributed by atoms with Crippen molar-refractivity contribution in [3.8, 4) is 0 Å². The molecule has 0 aromatic heterocycles. The summed E-state index contributed by atoms with van der Waals surface area (Å²) in [5, 5.41) is -0.0176. The third kappa shape index (κ3) is 3.53. The second-order valence-corrected chi connectivity index (χ2v) is 11.0. The second kappa shape index (κ2) is 4.12. The predicted octanol–water partition coefficient (Wildman–Crippen LogP) is 3.31. The van der Waals surface area contributed by atoms with Crippen molar-refractivity contribution >= 4 is 19.9 Å². The van der Waals surface area contributed by atoms with Crippen molar-refractivity contribution in [3.63, 3.8) is 0 Å². The number of alkyl halides is 1. The molecule has 0 aromatic carbocycles. The summed E-state index contributed by atoms with van der Waals surface area (Å²) in [5.74, 6) is 0. The van der Waals surface area contributed by atoms with Crippen molar-refractivity contribution in [1.82, 2.24) is 0 Å². The van der Waals surface area contributed by atoms with Crippen molar-refractivity contribution in [2.24, 2.45) is 5.73 Å². The lowest BCUT2D eigenvalue weighted by Gasteiger charge is -2.43. The minimum Gasteiger partial charge on any atom is -0.398 e. The molecule has 0 saturated heterocycles. The first-order chi connectivity index (χ1) is 5.90. The van der Waals surface area contributed by atoms with E-state index in [9.17, 15) is 0 Å². The zero-order valence-corrected chi connectivity index (χ0v) is 12.2. The van der Waals surface area contributed by atoms with Gasteiger partial charge in [-0.1, -0.05) is 20.8 Å². The molecule has 0 aromatic rings. The summed E-state index contributed by atoms with van der Waals surface area (Å²) in [6.45, 7) is 14.6. The Balaban J connectivity index is 4.67. The molecule has 0 rings (SSSR count). The molecule has 0 radical (unpaired) electrons. The van der Waals surface area contributed by atoms with Gasteiger partial charge in [0.15, 0.2) is 8.32 Å². The summed E-state index contributed by atoms with van der Waals surface area (Å²) in [4.78, 5) is 0. The molecule has 2 unspecified atom stereocenters. The van der Waals surface area contributed by atoms with Crippen LogP contribution < -0.4 is 5.73 Å². The van der Waals surface area contributed by atoms with Crippen molar-refractivity contribution in [1.29, 1.82) is 0 Å². The second-order valence-electron chi connectivity index (χ2n) is 5.66. The van der Waals surface area contributed by atoms with Crippen LogP contribution in [0.15, 0.2) is 0 Å². The molecular formula is C10H24ClNOSi. The van der Waals surface area contributed by atoms with Crippen LogP contribution in [0.1, 0.15) is 34.6 Å². The van der Waals surface area contributed by atoms with Gasteiger partial charge in [-0.15, -0.1) is 11.6 Å². The van der Waals surface area contributed by atoms with E-state index in [0.717, 1.165) is 0 Å². The van der Waals surface area contributed by atoms with Crippen LogP contribution in [0.3, 0.4) is 0 Å². The van der Waals surface area contributed by atoms with Crippen LogP contribution in [0.4, 0.5) is 0 Å². The highest BCUT2D eigenvalue weighted by Crippen LogP contribution is 2.39. The summed E-state index contributed by atoms with van der Waals surface area (Å²) >= 11 is 6.00. The molecule has 0 aliphatic carbocycles. The van der Waals surface area contributed by atoms with E-state index in [1.807, 2.05) is 13.8 Å². The van der Waals surface area contributed by atoms with Crippen molar-refractivity contribution in [2.75, 3.05) is 0 Å². The first-order valence-corrected chi connectivity index (χ1v) is 8.38. The largest absolute Gasteiger partial charge is 0.398 e. The number of hydrogen-bond acceptors (Lipinski definition) is 2. The molecule has 14 heavy (non-hydrogen) atoms. The summed E-state index contributed by atoms with van der Waals surface area (Å²) in [6, 6.07) is 0. The average Bonchev–Trinajstić information content (AvgIpc) is 1.80. The number of rotatable bonds is 3. The standard InChI is InChI=1S/C10H24ClNOSi/c1-8(11)10(5,12)13-14(6,7)9(2,3)4/h8H,12H2,1-7H3. The van der Waals surface area contributed by atoms with Gasteiger partial charge in [0.2, 0.25) is 0 Å². The van der Waals surface area contributed by atoms with Gasteiger partial charge < -0.3 is 10.2 Å². The van der Waals surface area contributed by atoms with Gasteiger partial charge in [0.25, 0.3) is 0 Å². The van der Waals surface area contributed by atoms with Crippen molar-refractivity contribution in [2.45, 2.75) is 63.9 Å². The Morgan fingerprint density at radius 2 is 1.57 bits per heavy atom. The van der Waals surface area contributed by atoms with Crippen molar-refractivity contribution in [3.05, 3.63) is 0 Å². The van der Waals surface area contributed by atoms with Crippen LogP contribution in [0.25, 0.3) is 0 Å². The van der Waals surface area contributed by atoms with Gasteiger partial charge in [0.05, 0.1) is 5.38 Å². The monoisotopic (exact) mass is 237 g/mol. The molecule has 0 spiro atoms. The fraction of sp³-hybridized carbons (Fsp3) is 1.00. The normalized spacial score (nSPS) is 20.4. The summed E-state index contributed by atoms with van der Waals surface area (Å²) in [6.07, 6.45) is 0. The number of nitrogens with two attached hydrogens (primary N) is 1. The molecule has 4 heteroatoms. The lowest BCUT2D eigenvalue weighted by atomic mass is 10.2. The molecular weight excluding hydrogens is 214 g/mol. The molecule has 2 N–H and O–H groups in total. The molecule has 0 saturated carbocycles. The van der Waals surface area contributed by atoms with E-state index in [1.165, 1.54) is 0 Å². The average molecular weight is 238 g/mol. The van der Waals surface area contributed by atoms with Crippen LogP contribution in [0.5, 0.6) is 0 Å². The van der Waals surface area contributed by atoms with E-state index in [0.29, 0.717) is 0 Å². The SMILES string of the molecule is CC(Cl)C(C)(N)O[Si](C)(C)C(C)(C)C. The third-order valence-electron chi connectivity index (χ3n) is 3.07. The molecule has 0 fully saturated rings. The highest BCUT2D eigenvalue weighted by Gasteiger charge is 2.43. The van der Waals surface area contributed by atoms with Crippen LogP contribution in [-0.4, -0.2) is 19.4 Å². The third-order valence-corrected chi connectivity index (χ3v) is 8.07. The minimum absolute atomic E-state index is 0.166. The van der Waals surface area contributed by atoms with E-state index in [-0.39, 0.29) is 10.4 Å². The molecule has 2 nitrogen and oxygen atoms in total. The molecule has 0 aliphatic rings. The minimum atomic E-state index is -1.81. The molecule has 0 bridgehead atoms. The summed E-state index contributed by atoms with van der Waals surface area (Å²) in [5.41, 5.74) is 5.29. The number of halogens is 1. The van der Waals surface area contributed by atoms with Crippen LogP contribution in [-0.2, 0) is 4.43 Å². The van der Waals surface area contributed by atoms with E-state index < -0.39 is 14.0 Å². The van der Waals surface area contributed by atoms with Crippen LogP contribution in [0.2, 0.25) is 18.1 Å². The smallest absolute Gasteiger partial charge is 0.194 e. The maximum atomic E-state index is 6.04. The Morgan fingerprint density at radius 1 is 1.21 bits per heavy atom. The van der Waals surface area contributed by atoms with Gasteiger partial charge in [-0.05, 0) is 32.0 Å². The Labute approximate surface area is 94.3 Å². The zero-order valence-electron chi connectivity index (χ0n) is 10.4. The highest BCUT2D eigenvalue weighted by molar-refractivity contribution is 6.74. The maximum absolute atomic E-state index is 6.04. The van der Waals surface area contributed by atoms with Gasteiger partial charge >= 0.3 is 0 Å². The Hall–Kier alpha value is 0.427. The quantitative estimate of drug-likeness (QED) is 0.465.